The molecule has 0 saturated heterocycles. The molecule has 1 amide bonds. The number of amides is 1. The molecule has 20 heavy (non-hydrogen) atoms. The summed E-state index contributed by atoms with van der Waals surface area (Å²) in [6.45, 7) is 2.91. The summed E-state index contributed by atoms with van der Waals surface area (Å²) in [5, 5.41) is 2.72. The maximum absolute atomic E-state index is 12.0. The highest BCUT2D eigenvalue weighted by Gasteiger charge is 2.14. The summed E-state index contributed by atoms with van der Waals surface area (Å²) >= 11 is 0. The van der Waals surface area contributed by atoms with Crippen LogP contribution in [0.2, 0.25) is 0 Å². The second-order valence-electron chi connectivity index (χ2n) is 4.83. The van der Waals surface area contributed by atoms with Crippen LogP contribution in [0, 0.1) is 5.92 Å². The lowest BCUT2D eigenvalue weighted by atomic mass is 10.1. The molecule has 0 aromatic heterocycles. The van der Waals surface area contributed by atoms with Gasteiger partial charge in [-0.15, -0.1) is 0 Å². The van der Waals surface area contributed by atoms with E-state index < -0.39 is 9.84 Å². The van der Waals surface area contributed by atoms with E-state index >= 15 is 0 Å². The Labute approximate surface area is 119 Å². The highest BCUT2D eigenvalue weighted by Crippen LogP contribution is 2.16. The van der Waals surface area contributed by atoms with E-state index in [0.29, 0.717) is 13.2 Å². The van der Waals surface area contributed by atoms with Crippen molar-refractivity contribution in [1.82, 2.24) is 5.32 Å². The van der Waals surface area contributed by atoms with Crippen molar-refractivity contribution in [3.05, 3.63) is 23.8 Å². The third kappa shape index (κ3) is 4.82. The molecule has 1 unspecified atom stereocenters. The summed E-state index contributed by atoms with van der Waals surface area (Å²) in [7, 11) is -1.81. The van der Waals surface area contributed by atoms with Crippen molar-refractivity contribution in [3.63, 3.8) is 0 Å². The molecule has 0 saturated carbocycles. The van der Waals surface area contributed by atoms with Crippen LogP contribution >= 0.6 is 0 Å². The summed E-state index contributed by atoms with van der Waals surface area (Å²) in [6, 6.07) is 4.10. The molecule has 7 heteroatoms. The van der Waals surface area contributed by atoms with E-state index in [1.54, 1.807) is 7.11 Å². The van der Waals surface area contributed by atoms with Crippen LogP contribution in [0.25, 0.3) is 0 Å². The Morgan fingerprint density at radius 3 is 2.60 bits per heavy atom. The number of nitrogens with one attached hydrogen (secondary N) is 1. The molecule has 0 fully saturated rings. The second-order valence-corrected chi connectivity index (χ2v) is 6.85. The molecule has 112 valence electrons. The number of nitrogen functional groups attached to an aromatic ring is 1. The lowest BCUT2D eigenvalue weighted by molar-refractivity contribution is 0.0934. The van der Waals surface area contributed by atoms with Crippen LogP contribution in [0.1, 0.15) is 17.3 Å². The number of carbonyl (C=O) groups excluding carboxylic acids is 1. The van der Waals surface area contributed by atoms with Gasteiger partial charge in [0, 0.05) is 31.2 Å². The molecule has 1 rings (SSSR count). The van der Waals surface area contributed by atoms with Crippen molar-refractivity contribution in [2.75, 3.05) is 32.3 Å². The van der Waals surface area contributed by atoms with Gasteiger partial charge >= 0.3 is 0 Å². The van der Waals surface area contributed by atoms with Crippen molar-refractivity contribution < 1.29 is 17.9 Å². The van der Waals surface area contributed by atoms with Crippen LogP contribution in [0.15, 0.2) is 23.1 Å². The van der Waals surface area contributed by atoms with Crippen molar-refractivity contribution in [3.8, 4) is 0 Å². The number of benzene rings is 1. The molecule has 1 aromatic carbocycles. The minimum absolute atomic E-state index is 0.0348. The van der Waals surface area contributed by atoms with Gasteiger partial charge in [-0.3, -0.25) is 4.79 Å². The molecule has 3 N–H and O–H groups in total. The number of hydrogen-bond donors (Lipinski definition) is 2. The molecular weight excluding hydrogens is 280 g/mol. The number of anilines is 1. The number of rotatable bonds is 6. The van der Waals surface area contributed by atoms with Crippen LogP contribution in [0.3, 0.4) is 0 Å². The summed E-state index contributed by atoms with van der Waals surface area (Å²) in [4.78, 5) is 12.0. The Morgan fingerprint density at radius 1 is 1.40 bits per heavy atom. The third-order valence-corrected chi connectivity index (χ3v) is 3.77. The highest BCUT2D eigenvalue weighted by atomic mass is 32.2. The van der Waals surface area contributed by atoms with E-state index in [4.69, 9.17) is 10.5 Å². The van der Waals surface area contributed by atoms with E-state index in [1.807, 2.05) is 6.92 Å². The van der Waals surface area contributed by atoms with Crippen molar-refractivity contribution in [2.45, 2.75) is 11.8 Å². The fourth-order valence-corrected chi connectivity index (χ4v) is 2.37. The maximum atomic E-state index is 12.0. The number of ether oxygens (including phenoxy) is 1. The van der Waals surface area contributed by atoms with E-state index in [2.05, 4.69) is 5.32 Å². The second kappa shape index (κ2) is 6.71. The molecule has 0 aliphatic carbocycles. The van der Waals surface area contributed by atoms with Gasteiger partial charge in [-0.2, -0.15) is 0 Å². The third-order valence-electron chi connectivity index (χ3n) is 2.68. The van der Waals surface area contributed by atoms with Crippen LogP contribution in [-0.2, 0) is 14.6 Å². The number of hydrogen-bond acceptors (Lipinski definition) is 5. The Balaban J connectivity index is 2.86. The summed E-state index contributed by atoms with van der Waals surface area (Å²) in [5.74, 6) is -0.190. The Morgan fingerprint density at radius 2 is 2.05 bits per heavy atom. The molecule has 0 aliphatic heterocycles. The number of sulfone groups is 1. The average Bonchev–Trinajstić information content (AvgIpc) is 2.34. The first kappa shape index (κ1) is 16.5. The largest absolute Gasteiger partial charge is 0.399 e. The molecule has 0 bridgehead atoms. The summed E-state index contributed by atoms with van der Waals surface area (Å²) in [6.07, 6.45) is 1.07. The quantitative estimate of drug-likeness (QED) is 0.753. The Kier molecular flexibility index (Phi) is 5.52. The van der Waals surface area contributed by atoms with Crippen LogP contribution in [0.4, 0.5) is 5.69 Å². The topological polar surface area (TPSA) is 98.5 Å². The number of methoxy groups -OCH3 is 1. The zero-order chi connectivity index (χ0) is 15.3. The number of carbonyl (C=O) groups is 1. The Hall–Kier alpha value is -1.60. The van der Waals surface area contributed by atoms with Gasteiger partial charge in [0.1, 0.15) is 0 Å². The molecule has 0 radical (unpaired) electrons. The fourth-order valence-electron chi connectivity index (χ4n) is 1.68. The lowest BCUT2D eigenvalue weighted by Crippen LogP contribution is -2.30. The van der Waals surface area contributed by atoms with Crippen molar-refractivity contribution in [1.29, 1.82) is 0 Å². The number of nitrogens with two attached hydrogens (primary N) is 1. The predicted octanol–water partition coefficient (Wildman–Crippen LogP) is 0.685. The normalized spacial score (nSPS) is 12.9. The average molecular weight is 300 g/mol. The van der Waals surface area contributed by atoms with Gasteiger partial charge in [-0.05, 0) is 24.1 Å². The first-order valence-electron chi connectivity index (χ1n) is 6.11. The minimum atomic E-state index is -3.40. The van der Waals surface area contributed by atoms with E-state index in [0.717, 1.165) is 6.26 Å². The van der Waals surface area contributed by atoms with Crippen LogP contribution < -0.4 is 11.1 Å². The van der Waals surface area contributed by atoms with Gasteiger partial charge in [0.25, 0.3) is 5.91 Å². The molecule has 1 aromatic rings. The first-order chi connectivity index (χ1) is 9.24. The fraction of sp³-hybridized carbons (Fsp3) is 0.462. The van der Waals surface area contributed by atoms with Gasteiger partial charge in [0.2, 0.25) is 0 Å². The smallest absolute Gasteiger partial charge is 0.251 e. The van der Waals surface area contributed by atoms with Crippen LogP contribution in [0.5, 0.6) is 0 Å². The van der Waals surface area contributed by atoms with Crippen molar-refractivity contribution >= 4 is 21.4 Å². The van der Waals surface area contributed by atoms with Gasteiger partial charge < -0.3 is 15.8 Å². The highest BCUT2D eigenvalue weighted by molar-refractivity contribution is 7.90. The SMILES string of the molecule is COCC(C)CNC(=O)c1cc(N)cc(S(C)(=O)=O)c1. The Bertz CT molecular complexity index is 584. The molecule has 6 nitrogen and oxygen atoms in total. The van der Waals surface area contributed by atoms with Gasteiger partial charge in [-0.25, -0.2) is 8.42 Å². The van der Waals surface area contributed by atoms with E-state index in [1.165, 1.54) is 18.2 Å². The summed E-state index contributed by atoms with van der Waals surface area (Å²) in [5.41, 5.74) is 6.10. The van der Waals surface area contributed by atoms with Crippen molar-refractivity contribution in [2.24, 2.45) is 5.92 Å². The molecule has 0 aliphatic rings. The first-order valence-corrected chi connectivity index (χ1v) is 8.01. The predicted molar refractivity (Wildman–Crippen MR) is 77.3 cm³/mol. The zero-order valence-corrected chi connectivity index (χ0v) is 12.7. The monoisotopic (exact) mass is 300 g/mol. The van der Waals surface area contributed by atoms with Gasteiger partial charge in [0.15, 0.2) is 9.84 Å². The minimum Gasteiger partial charge on any atom is -0.399 e. The maximum Gasteiger partial charge on any atom is 0.251 e. The zero-order valence-electron chi connectivity index (χ0n) is 11.8. The lowest BCUT2D eigenvalue weighted by Gasteiger charge is -2.12. The molecule has 0 spiro atoms. The van der Waals surface area contributed by atoms with Gasteiger partial charge in [-0.1, -0.05) is 6.92 Å². The summed E-state index contributed by atoms with van der Waals surface area (Å²) < 4.78 is 28.0. The standard InChI is InChI=1S/C13H20N2O4S/c1-9(8-19-2)7-15-13(16)10-4-11(14)6-12(5-10)20(3,17)18/h4-6,9H,7-8,14H2,1-3H3,(H,15,16). The van der Waals surface area contributed by atoms with E-state index in [-0.39, 0.29) is 28.0 Å². The molecule has 0 heterocycles. The molecule has 1 atom stereocenters. The van der Waals surface area contributed by atoms with Gasteiger partial charge in [0.05, 0.1) is 11.5 Å². The van der Waals surface area contributed by atoms with Crippen LogP contribution in [-0.4, -0.2) is 40.8 Å². The molecular formula is C13H20N2O4S. The van der Waals surface area contributed by atoms with E-state index in [9.17, 15) is 13.2 Å².